The van der Waals surface area contributed by atoms with Crippen LogP contribution in [0.3, 0.4) is 0 Å². The van der Waals surface area contributed by atoms with Crippen molar-refractivity contribution >= 4 is 22.6 Å². The first-order chi connectivity index (χ1) is 12.7. The fourth-order valence-corrected chi connectivity index (χ4v) is 3.72. The Morgan fingerprint density at radius 3 is 2.69 bits per heavy atom. The molecule has 3 aromatic rings. The van der Waals surface area contributed by atoms with Gasteiger partial charge >= 0.3 is 0 Å². The summed E-state index contributed by atoms with van der Waals surface area (Å²) in [6, 6.07) is 10.5. The maximum atomic E-state index is 6.57. The number of pyridine rings is 1. The number of rotatable bonds is 5. The van der Waals surface area contributed by atoms with Gasteiger partial charge in [0.05, 0.1) is 11.7 Å². The predicted octanol–water partition coefficient (Wildman–Crippen LogP) is 4.91. The molecular formula is C20H22ClN3O2. The maximum absolute atomic E-state index is 6.57. The monoisotopic (exact) mass is 371 g/mol. The van der Waals surface area contributed by atoms with Gasteiger partial charge in [0.15, 0.2) is 0 Å². The molecule has 1 aliphatic carbocycles. The normalized spacial score (nSPS) is 15.3. The molecule has 6 heteroatoms. The molecule has 4 rings (SSSR count). The summed E-state index contributed by atoms with van der Waals surface area (Å²) in [5, 5.41) is 0.465. The fraction of sp³-hybridized carbons (Fsp3) is 0.400. The molecule has 0 saturated heterocycles. The SMILES string of the molecule is Cn1c(OC2CCCCC2)nc2cnc(OCc3ccccc3)c(Cl)c21. The number of halogens is 1. The molecule has 1 fully saturated rings. The van der Waals surface area contributed by atoms with Crippen LogP contribution in [0.15, 0.2) is 36.5 Å². The van der Waals surface area contributed by atoms with Crippen LogP contribution in [0.2, 0.25) is 5.02 Å². The Hall–Kier alpha value is -2.27. The van der Waals surface area contributed by atoms with Crippen molar-refractivity contribution in [3.05, 3.63) is 47.1 Å². The van der Waals surface area contributed by atoms with Crippen LogP contribution in [-0.2, 0) is 13.7 Å². The molecular weight excluding hydrogens is 350 g/mol. The minimum atomic E-state index is 0.236. The van der Waals surface area contributed by atoms with Gasteiger partial charge in [-0.05, 0) is 31.2 Å². The molecule has 5 nitrogen and oxygen atoms in total. The van der Waals surface area contributed by atoms with Crippen LogP contribution in [0.25, 0.3) is 11.0 Å². The Balaban J connectivity index is 1.57. The molecule has 0 aliphatic heterocycles. The average Bonchev–Trinajstić information content (AvgIpc) is 2.99. The lowest BCUT2D eigenvalue weighted by atomic mass is 9.98. The number of aromatic nitrogens is 3. The van der Waals surface area contributed by atoms with Crippen LogP contribution >= 0.6 is 11.6 Å². The van der Waals surface area contributed by atoms with Gasteiger partial charge in [-0.15, -0.1) is 0 Å². The van der Waals surface area contributed by atoms with Crippen molar-refractivity contribution in [2.75, 3.05) is 0 Å². The van der Waals surface area contributed by atoms with E-state index in [4.69, 9.17) is 21.1 Å². The molecule has 1 aromatic carbocycles. The van der Waals surface area contributed by atoms with E-state index in [-0.39, 0.29) is 6.10 Å². The van der Waals surface area contributed by atoms with Crippen LogP contribution in [0.1, 0.15) is 37.7 Å². The van der Waals surface area contributed by atoms with E-state index in [1.54, 1.807) is 6.20 Å². The highest BCUT2D eigenvalue weighted by molar-refractivity contribution is 6.36. The highest BCUT2D eigenvalue weighted by Crippen LogP contribution is 2.34. The van der Waals surface area contributed by atoms with Crippen molar-refractivity contribution in [1.29, 1.82) is 0 Å². The Kier molecular flexibility index (Phi) is 4.98. The number of nitrogens with zero attached hydrogens (tertiary/aromatic N) is 3. The van der Waals surface area contributed by atoms with Gasteiger partial charge in [-0.1, -0.05) is 48.4 Å². The molecule has 0 spiro atoms. The summed E-state index contributed by atoms with van der Waals surface area (Å²) >= 11 is 6.57. The largest absolute Gasteiger partial charge is 0.472 e. The summed E-state index contributed by atoms with van der Waals surface area (Å²) in [7, 11) is 1.92. The summed E-state index contributed by atoms with van der Waals surface area (Å²) in [6.07, 6.45) is 7.82. The molecule has 1 saturated carbocycles. The third-order valence-corrected chi connectivity index (χ3v) is 5.16. The number of ether oxygens (including phenoxy) is 2. The first-order valence-corrected chi connectivity index (χ1v) is 9.44. The molecule has 0 bridgehead atoms. The summed E-state index contributed by atoms with van der Waals surface area (Å²) in [4.78, 5) is 8.90. The third-order valence-electron chi connectivity index (χ3n) is 4.82. The van der Waals surface area contributed by atoms with Crippen LogP contribution in [0.4, 0.5) is 0 Å². The van der Waals surface area contributed by atoms with E-state index in [0.29, 0.717) is 23.5 Å². The number of imidazole rings is 1. The van der Waals surface area contributed by atoms with Gasteiger partial charge in [-0.2, -0.15) is 4.98 Å². The van der Waals surface area contributed by atoms with Gasteiger partial charge in [-0.25, -0.2) is 4.98 Å². The first-order valence-electron chi connectivity index (χ1n) is 9.06. The van der Waals surface area contributed by atoms with E-state index in [1.807, 2.05) is 41.9 Å². The summed E-state index contributed by atoms with van der Waals surface area (Å²) < 4.78 is 13.8. The van der Waals surface area contributed by atoms with Crippen LogP contribution in [0.5, 0.6) is 11.9 Å². The Bertz CT molecular complexity index is 889. The van der Waals surface area contributed by atoms with Gasteiger partial charge in [0.1, 0.15) is 23.3 Å². The molecule has 0 amide bonds. The van der Waals surface area contributed by atoms with E-state index in [0.717, 1.165) is 29.4 Å². The lowest BCUT2D eigenvalue weighted by Crippen LogP contribution is -2.21. The minimum Gasteiger partial charge on any atom is -0.472 e. The molecule has 1 aliphatic rings. The molecule has 136 valence electrons. The van der Waals surface area contributed by atoms with Crippen molar-refractivity contribution in [1.82, 2.24) is 14.5 Å². The van der Waals surface area contributed by atoms with Gasteiger partial charge in [0.25, 0.3) is 6.01 Å². The lowest BCUT2D eigenvalue weighted by Gasteiger charge is -2.22. The fourth-order valence-electron chi connectivity index (χ4n) is 3.39. The number of hydrogen-bond acceptors (Lipinski definition) is 4. The second kappa shape index (κ2) is 7.54. The zero-order valence-electron chi connectivity index (χ0n) is 14.8. The second-order valence-corrected chi connectivity index (χ2v) is 7.09. The quantitative estimate of drug-likeness (QED) is 0.639. The zero-order valence-corrected chi connectivity index (χ0v) is 15.6. The Labute approximate surface area is 157 Å². The zero-order chi connectivity index (χ0) is 17.9. The number of aryl methyl sites for hydroxylation is 1. The van der Waals surface area contributed by atoms with Crippen molar-refractivity contribution < 1.29 is 9.47 Å². The molecule has 26 heavy (non-hydrogen) atoms. The third kappa shape index (κ3) is 3.49. The summed E-state index contributed by atoms with van der Waals surface area (Å²) in [6.45, 7) is 0.419. The maximum Gasteiger partial charge on any atom is 0.297 e. The van der Waals surface area contributed by atoms with Gasteiger partial charge in [0, 0.05) is 7.05 Å². The molecule has 0 atom stereocenters. The summed E-state index contributed by atoms with van der Waals surface area (Å²) in [5.41, 5.74) is 2.57. The minimum absolute atomic E-state index is 0.236. The van der Waals surface area contributed by atoms with Gasteiger partial charge < -0.3 is 9.47 Å². The average molecular weight is 372 g/mol. The Morgan fingerprint density at radius 2 is 1.92 bits per heavy atom. The molecule has 2 aromatic heterocycles. The number of hydrogen-bond donors (Lipinski definition) is 0. The first kappa shape index (κ1) is 17.2. The number of fused-ring (bicyclic) bond motifs is 1. The standard InChI is InChI=1S/C20H22ClN3O2/c1-24-18-16(23-20(24)26-15-10-6-3-7-11-15)12-22-19(17(18)21)25-13-14-8-4-2-5-9-14/h2,4-5,8-9,12,15H,3,6-7,10-11,13H2,1H3. The van der Waals surface area contributed by atoms with Crippen LogP contribution in [-0.4, -0.2) is 20.6 Å². The van der Waals surface area contributed by atoms with E-state index < -0.39 is 0 Å². The van der Waals surface area contributed by atoms with Gasteiger partial charge in [-0.3, -0.25) is 4.57 Å². The Morgan fingerprint density at radius 1 is 1.15 bits per heavy atom. The second-order valence-electron chi connectivity index (χ2n) is 6.72. The van der Waals surface area contributed by atoms with Crippen LogP contribution in [0, 0.1) is 0 Å². The summed E-state index contributed by atoms with van der Waals surface area (Å²) in [5.74, 6) is 0.412. The van der Waals surface area contributed by atoms with Crippen LogP contribution < -0.4 is 9.47 Å². The molecule has 0 radical (unpaired) electrons. The molecule has 0 unspecified atom stereocenters. The van der Waals surface area contributed by atoms with E-state index in [1.165, 1.54) is 19.3 Å². The molecule has 0 N–H and O–H groups in total. The van der Waals surface area contributed by atoms with E-state index in [2.05, 4.69) is 9.97 Å². The smallest absolute Gasteiger partial charge is 0.297 e. The van der Waals surface area contributed by atoms with E-state index in [9.17, 15) is 0 Å². The predicted molar refractivity (Wildman–Crippen MR) is 102 cm³/mol. The molecule has 2 heterocycles. The van der Waals surface area contributed by atoms with Crippen molar-refractivity contribution in [3.63, 3.8) is 0 Å². The lowest BCUT2D eigenvalue weighted by molar-refractivity contribution is 0.138. The highest BCUT2D eigenvalue weighted by Gasteiger charge is 2.21. The topological polar surface area (TPSA) is 49.2 Å². The van der Waals surface area contributed by atoms with Crippen molar-refractivity contribution in [2.24, 2.45) is 7.05 Å². The van der Waals surface area contributed by atoms with Crippen molar-refractivity contribution in [2.45, 2.75) is 44.8 Å². The highest BCUT2D eigenvalue weighted by atomic mass is 35.5. The van der Waals surface area contributed by atoms with Crippen molar-refractivity contribution in [3.8, 4) is 11.9 Å². The van der Waals surface area contributed by atoms with E-state index >= 15 is 0 Å². The van der Waals surface area contributed by atoms with Gasteiger partial charge in [0.2, 0.25) is 5.88 Å². The number of benzene rings is 1.